The highest BCUT2D eigenvalue weighted by Crippen LogP contribution is 2.30. The molecule has 2 aromatic heterocycles. The average Bonchev–Trinajstić information content (AvgIpc) is 2.88. The Balaban J connectivity index is 2.26. The van der Waals surface area contributed by atoms with Gasteiger partial charge in [-0.15, -0.1) is 0 Å². The van der Waals surface area contributed by atoms with E-state index >= 15 is 0 Å². The van der Waals surface area contributed by atoms with E-state index in [-0.39, 0.29) is 0 Å². The molecule has 0 aliphatic rings. The van der Waals surface area contributed by atoms with Crippen LogP contribution in [0, 0.1) is 34.6 Å². The molecule has 0 bridgehead atoms. The molecule has 0 atom stereocenters. The molecule has 0 fully saturated rings. The van der Waals surface area contributed by atoms with Crippen LogP contribution in [-0.4, -0.2) is 25.8 Å². The van der Waals surface area contributed by atoms with E-state index in [1.807, 2.05) is 18.5 Å². The van der Waals surface area contributed by atoms with Gasteiger partial charge >= 0.3 is 0 Å². The van der Waals surface area contributed by atoms with E-state index in [1.165, 1.54) is 16.7 Å². The van der Waals surface area contributed by atoms with Crippen molar-refractivity contribution in [2.75, 3.05) is 5.32 Å². The summed E-state index contributed by atoms with van der Waals surface area (Å²) >= 11 is 0. The van der Waals surface area contributed by atoms with Crippen LogP contribution in [0.2, 0.25) is 0 Å². The Morgan fingerprint density at radius 3 is 2.15 bits per heavy atom. The second-order valence-corrected chi connectivity index (χ2v) is 7.22. The summed E-state index contributed by atoms with van der Waals surface area (Å²) in [6.45, 7) is 14.8. The number of rotatable bonds is 5. The summed E-state index contributed by atoms with van der Waals surface area (Å²) in [5.74, 6) is 1.65. The largest absolute Gasteiger partial charge is 0.367 e. The van der Waals surface area contributed by atoms with Crippen molar-refractivity contribution >= 4 is 16.9 Å². The minimum atomic E-state index is 0.401. The summed E-state index contributed by atoms with van der Waals surface area (Å²) in [5.41, 5.74) is 6.61. The highest BCUT2D eigenvalue weighted by Gasteiger charge is 2.19. The molecule has 0 aliphatic carbocycles. The lowest BCUT2D eigenvalue weighted by Crippen LogP contribution is -2.18. The van der Waals surface area contributed by atoms with Crippen LogP contribution in [0.4, 0.5) is 5.82 Å². The summed E-state index contributed by atoms with van der Waals surface area (Å²) in [7, 11) is 0. The van der Waals surface area contributed by atoms with Crippen molar-refractivity contribution in [3.8, 4) is 5.69 Å². The third-order valence-electron chi connectivity index (χ3n) is 4.99. The van der Waals surface area contributed by atoms with Crippen LogP contribution in [-0.2, 0) is 0 Å². The monoisotopic (exact) mass is 351 g/mol. The maximum absolute atomic E-state index is 4.85. The quantitative estimate of drug-likeness (QED) is 0.706. The van der Waals surface area contributed by atoms with Gasteiger partial charge in [0.25, 0.3) is 0 Å². The first-order chi connectivity index (χ1) is 12.3. The maximum atomic E-state index is 4.85. The maximum Gasteiger partial charge on any atom is 0.168 e. The number of hydrogen-bond acceptors (Lipinski definition) is 4. The van der Waals surface area contributed by atoms with Crippen molar-refractivity contribution in [1.82, 2.24) is 19.7 Å². The number of fused-ring (bicyclic) bond motifs is 1. The van der Waals surface area contributed by atoms with Crippen LogP contribution in [0.5, 0.6) is 0 Å². The summed E-state index contributed by atoms with van der Waals surface area (Å²) in [4.78, 5) is 9.43. The molecule has 0 amide bonds. The lowest BCUT2D eigenvalue weighted by atomic mass is 10.1. The molecule has 3 aromatic rings. The van der Waals surface area contributed by atoms with E-state index in [2.05, 4.69) is 57.1 Å². The Hall–Kier alpha value is -2.43. The number of nitrogens with zero attached hydrogens (tertiary/aromatic N) is 4. The van der Waals surface area contributed by atoms with Crippen LogP contribution in [0.25, 0.3) is 16.7 Å². The Morgan fingerprint density at radius 1 is 0.962 bits per heavy atom. The Kier molecular flexibility index (Phi) is 4.99. The van der Waals surface area contributed by atoms with Gasteiger partial charge in [-0.1, -0.05) is 31.5 Å². The van der Waals surface area contributed by atoms with E-state index in [9.17, 15) is 0 Å². The van der Waals surface area contributed by atoms with Gasteiger partial charge in [-0.25, -0.2) is 14.6 Å². The summed E-state index contributed by atoms with van der Waals surface area (Å²) in [5, 5.41) is 9.46. The number of nitrogens with one attached hydrogen (secondary N) is 1. The first kappa shape index (κ1) is 18.4. The van der Waals surface area contributed by atoms with Gasteiger partial charge in [0.2, 0.25) is 0 Å². The molecule has 0 saturated heterocycles. The Bertz CT molecular complexity index is 928. The topological polar surface area (TPSA) is 55.6 Å². The fourth-order valence-electron chi connectivity index (χ4n) is 3.74. The number of hydrogen-bond donors (Lipinski definition) is 1. The van der Waals surface area contributed by atoms with Gasteiger partial charge in [-0.3, -0.25) is 0 Å². The van der Waals surface area contributed by atoms with E-state index in [1.54, 1.807) is 0 Å². The minimum absolute atomic E-state index is 0.401. The molecule has 1 aromatic carbocycles. The number of anilines is 1. The van der Waals surface area contributed by atoms with Crippen LogP contribution in [0.15, 0.2) is 12.1 Å². The Labute approximate surface area is 155 Å². The molecule has 0 saturated carbocycles. The first-order valence-corrected chi connectivity index (χ1v) is 9.44. The van der Waals surface area contributed by atoms with Gasteiger partial charge in [0.05, 0.1) is 16.8 Å². The lowest BCUT2D eigenvalue weighted by Gasteiger charge is -2.17. The first-order valence-electron chi connectivity index (χ1n) is 9.44. The highest BCUT2D eigenvalue weighted by molar-refractivity contribution is 5.90. The highest BCUT2D eigenvalue weighted by atomic mass is 15.3. The van der Waals surface area contributed by atoms with E-state index < -0.39 is 0 Å². The molecule has 5 heteroatoms. The van der Waals surface area contributed by atoms with Crippen molar-refractivity contribution in [3.05, 3.63) is 40.3 Å². The van der Waals surface area contributed by atoms with Gasteiger partial charge < -0.3 is 5.32 Å². The summed E-state index contributed by atoms with van der Waals surface area (Å²) < 4.78 is 1.99. The van der Waals surface area contributed by atoms with E-state index in [4.69, 9.17) is 10.1 Å². The second kappa shape index (κ2) is 7.06. The van der Waals surface area contributed by atoms with Crippen molar-refractivity contribution in [1.29, 1.82) is 0 Å². The molecular weight excluding hydrogens is 322 g/mol. The lowest BCUT2D eigenvalue weighted by molar-refractivity contribution is 0.669. The van der Waals surface area contributed by atoms with Crippen LogP contribution in [0.3, 0.4) is 0 Å². The van der Waals surface area contributed by atoms with Gasteiger partial charge in [-0.2, -0.15) is 5.10 Å². The third-order valence-corrected chi connectivity index (χ3v) is 4.99. The number of aryl methyl sites for hydroxylation is 5. The molecule has 0 unspecified atom stereocenters. The van der Waals surface area contributed by atoms with Gasteiger partial charge in [0, 0.05) is 6.04 Å². The Morgan fingerprint density at radius 2 is 1.58 bits per heavy atom. The van der Waals surface area contributed by atoms with Crippen LogP contribution < -0.4 is 5.32 Å². The summed E-state index contributed by atoms with van der Waals surface area (Å²) in [6, 6.07) is 4.80. The average molecular weight is 351 g/mol. The SMILES string of the molecule is CCC(CC)Nc1nc(C)nc2c1c(C)nn2-c1c(C)cc(C)cc1C. The van der Waals surface area contributed by atoms with E-state index in [0.717, 1.165) is 46.9 Å². The predicted octanol–water partition coefficient (Wildman–Crippen LogP) is 4.96. The zero-order chi connectivity index (χ0) is 19.0. The second-order valence-electron chi connectivity index (χ2n) is 7.22. The minimum Gasteiger partial charge on any atom is -0.367 e. The fourth-order valence-corrected chi connectivity index (χ4v) is 3.74. The molecule has 0 spiro atoms. The molecule has 1 N–H and O–H groups in total. The summed E-state index contributed by atoms with van der Waals surface area (Å²) in [6.07, 6.45) is 2.12. The van der Waals surface area contributed by atoms with Crippen molar-refractivity contribution in [3.63, 3.8) is 0 Å². The zero-order valence-electron chi connectivity index (χ0n) is 16.9. The fraction of sp³-hybridized carbons (Fsp3) is 0.476. The van der Waals surface area contributed by atoms with Crippen LogP contribution >= 0.6 is 0 Å². The smallest absolute Gasteiger partial charge is 0.168 e. The predicted molar refractivity (Wildman–Crippen MR) is 108 cm³/mol. The van der Waals surface area contributed by atoms with Gasteiger partial charge in [0.15, 0.2) is 5.65 Å². The van der Waals surface area contributed by atoms with Gasteiger partial charge in [-0.05, 0) is 58.6 Å². The van der Waals surface area contributed by atoms with Crippen LogP contribution in [0.1, 0.15) is 54.9 Å². The molecule has 138 valence electrons. The standard InChI is InChI=1S/C21H29N5/c1-8-17(9-2)24-20-18-15(6)25-26(21(18)23-16(7)22-20)19-13(4)10-12(3)11-14(19)5/h10-11,17H,8-9H2,1-7H3,(H,22,23,24). The number of benzene rings is 1. The molecule has 0 radical (unpaired) electrons. The molecule has 0 aliphatic heterocycles. The molecule has 2 heterocycles. The molecular formula is C21H29N5. The van der Waals surface area contributed by atoms with Crippen molar-refractivity contribution in [2.45, 2.75) is 67.3 Å². The number of aromatic nitrogens is 4. The molecule has 26 heavy (non-hydrogen) atoms. The molecule has 3 rings (SSSR count). The molecule has 5 nitrogen and oxygen atoms in total. The normalized spacial score (nSPS) is 11.5. The van der Waals surface area contributed by atoms with E-state index in [0.29, 0.717) is 6.04 Å². The third kappa shape index (κ3) is 3.18. The zero-order valence-corrected chi connectivity index (χ0v) is 16.9. The van der Waals surface area contributed by atoms with Crippen molar-refractivity contribution < 1.29 is 0 Å². The van der Waals surface area contributed by atoms with Crippen molar-refractivity contribution in [2.24, 2.45) is 0 Å². The van der Waals surface area contributed by atoms with Gasteiger partial charge in [0.1, 0.15) is 11.6 Å².